The summed E-state index contributed by atoms with van der Waals surface area (Å²) in [7, 11) is 0.266. The number of sulfonamides is 1. The van der Waals surface area contributed by atoms with Crippen LogP contribution in [0.4, 0.5) is 5.69 Å². The van der Waals surface area contributed by atoms with Crippen LogP contribution in [-0.2, 0) is 31.3 Å². The van der Waals surface area contributed by atoms with Gasteiger partial charge in [0, 0.05) is 35.0 Å². The summed E-state index contributed by atoms with van der Waals surface area (Å²) in [5, 5.41) is 0.750. The maximum absolute atomic E-state index is 13.5. The van der Waals surface area contributed by atoms with E-state index in [1.807, 2.05) is 25.1 Å². The highest BCUT2D eigenvalue weighted by atomic mass is 35.5. The van der Waals surface area contributed by atoms with Crippen molar-refractivity contribution in [2.24, 2.45) is 29.6 Å². The number of anilines is 1. The molecule has 7 rings (SSSR count). The summed E-state index contributed by atoms with van der Waals surface area (Å²) in [6, 6.07) is 11.9. The van der Waals surface area contributed by atoms with Crippen LogP contribution in [0.5, 0.6) is 5.75 Å². The quantitative estimate of drug-likeness (QED) is 0.412. The molecule has 49 heavy (non-hydrogen) atoms. The van der Waals surface area contributed by atoms with E-state index in [4.69, 9.17) is 25.8 Å². The third-order valence-corrected chi connectivity index (χ3v) is 14.1. The minimum atomic E-state index is -3.86. The van der Waals surface area contributed by atoms with E-state index in [0.29, 0.717) is 37.2 Å². The molecule has 2 aliphatic carbocycles. The molecule has 2 aromatic carbocycles. The van der Waals surface area contributed by atoms with E-state index in [1.54, 1.807) is 6.07 Å². The zero-order valence-electron chi connectivity index (χ0n) is 29.3. The fourth-order valence-electron chi connectivity index (χ4n) is 9.02. The highest BCUT2D eigenvalue weighted by molar-refractivity contribution is 7.90. The molecule has 9 nitrogen and oxygen atoms in total. The van der Waals surface area contributed by atoms with Crippen molar-refractivity contribution in [1.29, 1.82) is 0 Å². The number of carbonyl (C=O) groups is 1. The maximum atomic E-state index is 13.5. The molecule has 3 heterocycles. The van der Waals surface area contributed by atoms with Gasteiger partial charge in [0.2, 0.25) is 10.0 Å². The Kier molecular flexibility index (Phi) is 10.0. The fraction of sp³-hybridized carbons (Fsp3) is 0.658. The van der Waals surface area contributed by atoms with Crippen molar-refractivity contribution in [3.05, 3.63) is 58.1 Å². The maximum Gasteiger partial charge on any atom is 0.264 e. The van der Waals surface area contributed by atoms with Gasteiger partial charge < -0.3 is 24.0 Å². The van der Waals surface area contributed by atoms with Gasteiger partial charge in [0.25, 0.3) is 5.91 Å². The Bertz CT molecular complexity index is 1650. The van der Waals surface area contributed by atoms with Gasteiger partial charge in [-0.2, -0.15) is 0 Å². The van der Waals surface area contributed by atoms with Gasteiger partial charge in [-0.1, -0.05) is 31.5 Å². The van der Waals surface area contributed by atoms with Crippen LogP contribution in [0.15, 0.2) is 36.4 Å². The first kappa shape index (κ1) is 35.1. The van der Waals surface area contributed by atoms with E-state index in [-0.39, 0.29) is 41.3 Å². The van der Waals surface area contributed by atoms with Crippen molar-refractivity contribution in [2.45, 2.75) is 76.5 Å². The van der Waals surface area contributed by atoms with Crippen molar-refractivity contribution >= 4 is 33.2 Å². The molecule has 1 saturated carbocycles. The summed E-state index contributed by atoms with van der Waals surface area (Å²) in [6.45, 7) is 7.45. The second-order valence-corrected chi connectivity index (χ2v) is 18.1. The Morgan fingerprint density at radius 3 is 2.49 bits per heavy atom. The number of fused-ring (bicyclic) bond motifs is 4. The van der Waals surface area contributed by atoms with Crippen LogP contribution in [0.3, 0.4) is 0 Å². The number of hydrogen-bond acceptors (Lipinski definition) is 8. The molecule has 2 fully saturated rings. The number of carbonyl (C=O) groups excluding carboxylic acids is 1. The second-order valence-electron chi connectivity index (χ2n) is 15.8. The molecule has 6 atom stereocenters. The monoisotopic (exact) mass is 713 g/mol. The normalized spacial score (nSPS) is 34.9. The van der Waals surface area contributed by atoms with Gasteiger partial charge in [-0.3, -0.25) is 4.79 Å². The molecule has 1 spiro atoms. The molecule has 11 heteroatoms. The Labute approximate surface area is 297 Å². The first-order valence-electron chi connectivity index (χ1n) is 18.2. The molecule has 3 aliphatic heterocycles. The Morgan fingerprint density at radius 2 is 1.76 bits per heavy atom. The van der Waals surface area contributed by atoms with Gasteiger partial charge in [-0.05, 0) is 124 Å². The number of aryl methyl sites for hydroxylation is 1. The van der Waals surface area contributed by atoms with Crippen molar-refractivity contribution in [2.75, 3.05) is 57.7 Å². The van der Waals surface area contributed by atoms with E-state index >= 15 is 0 Å². The summed E-state index contributed by atoms with van der Waals surface area (Å²) in [5.41, 5.74) is 3.49. The van der Waals surface area contributed by atoms with Crippen molar-refractivity contribution < 1.29 is 27.4 Å². The third-order valence-electron chi connectivity index (χ3n) is 12.4. The first-order chi connectivity index (χ1) is 23.4. The number of nitrogens with one attached hydrogen (secondary N) is 1. The molecule has 2 bridgehead atoms. The van der Waals surface area contributed by atoms with Crippen LogP contribution in [0, 0.1) is 29.6 Å². The molecule has 5 aliphatic rings. The smallest absolute Gasteiger partial charge is 0.264 e. The number of rotatable bonds is 2. The summed E-state index contributed by atoms with van der Waals surface area (Å²) in [4.78, 5) is 18.1. The van der Waals surface area contributed by atoms with Crippen LogP contribution >= 0.6 is 11.6 Å². The zero-order valence-corrected chi connectivity index (χ0v) is 30.9. The lowest BCUT2D eigenvalue weighted by Crippen LogP contribution is -2.52. The Balaban J connectivity index is 1.26. The molecular weight excluding hydrogens is 662 g/mol. The van der Waals surface area contributed by atoms with Gasteiger partial charge in [-0.15, -0.1) is 0 Å². The zero-order chi connectivity index (χ0) is 34.5. The van der Waals surface area contributed by atoms with Gasteiger partial charge >= 0.3 is 0 Å². The predicted octanol–water partition coefficient (Wildman–Crippen LogP) is 5.88. The predicted molar refractivity (Wildman–Crippen MR) is 192 cm³/mol. The highest BCUT2D eigenvalue weighted by Gasteiger charge is 2.47. The average Bonchev–Trinajstić information content (AvgIpc) is 3.20. The summed E-state index contributed by atoms with van der Waals surface area (Å²) in [6.07, 6.45) is 6.73. The number of ether oxygens (including phenoxy) is 3. The van der Waals surface area contributed by atoms with Crippen LogP contribution in [-0.4, -0.2) is 84.3 Å². The lowest BCUT2D eigenvalue weighted by molar-refractivity contribution is -0.241. The van der Waals surface area contributed by atoms with Crippen LogP contribution in [0.2, 0.25) is 5.02 Å². The SMILES string of the molecule is C[C@@H]1CS(=O)(=O)NC(=O)c2ccc3c(c2)N(C[C@@H]2CC[C@H]2[C@@H]([C@H]2OC[C@@H](N(C)C)CO2)CC[C@@H]1C)C[C@@]1(CCCc2cc(Cl)ccc21)CO3. The van der Waals surface area contributed by atoms with E-state index < -0.39 is 15.9 Å². The molecule has 0 radical (unpaired) electrons. The molecule has 1 saturated heterocycles. The van der Waals surface area contributed by atoms with Crippen molar-refractivity contribution in [3.63, 3.8) is 0 Å². The summed E-state index contributed by atoms with van der Waals surface area (Å²) in [5.74, 6) is 1.07. The molecule has 2 aromatic rings. The van der Waals surface area contributed by atoms with Gasteiger partial charge in [0.05, 0.1) is 37.3 Å². The molecule has 0 unspecified atom stereocenters. The Hall–Kier alpha value is -2.37. The van der Waals surface area contributed by atoms with Crippen LogP contribution < -0.4 is 14.4 Å². The number of amides is 1. The lowest BCUT2D eigenvalue weighted by Gasteiger charge is -2.49. The first-order valence-corrected chi connectivity index (χ1v) is 20.2. The summed E-state index contributed by atoms with van der Waals surface area (Å²) < 4.78 is 48.6. The number of halogens is 1. The Morgan fingerprint density at radius 1 is 0.980 bits per heavy atom. The molecule has 1 amide bonds. The number of nitrogens with zero attached hydrogens (tertiary/aromatic N) is 2. The van der Waals surface area contributed by atoms with Crippen molar-refractivity contribution in [3.8, 4) is 5.75 Å². The standard InChI is InChI=1S/C38H52ClN3O6S/c1-24-7-11-32(37-46-19-30(20-47-37)41(3)4)31-12-8-28(31)18-42-22-38(15-5-6-26-16-29(39)10-13-33(26)38)23-48-35-14-9-27(17-34(35)42)36(43)40-49(44,45)21-25(24)2/h9-10,13-14,16-17,24-25,28,30-32,37H,5-8,11-12,15,18-23H2,1-4H3,(H,40,43)/t24-,25+,28-,30-,31+,32-,37+,38-/m0/s1. The summed E-state index contributed by atoms with van der Waals surface area (Å²) >= 11 is 6.47. The third kappa shape index (κ3) is 7.23. The van der Waals surface area contributed by atoms with Gasteiger partial charge in [0.1, 0.15) is 5.75 Å². The molecule has 0 aromatic heterocycles. The fourth-order valence-corrected chi connectivity index (χ4v) is 10.7. The van der Waals surface area contributed by atoms with Crippen LogP contribution in [0.25, 0.3) is 0 Å². The lowest BCUT2D eigenvalue weighted by atomic mass is 9.64. The van der Waals surface area contributed by atoms with E-state index in [9.17, 15) is 13.2 Å². The number of hydrogen-bond donors (Lipinski definition) is 1. The van der Waals surface area contributed by atoms with Gasteiger partial charge in [0.15, 0.2) is 6.29 Å². The topological polar surface area (TPSA) is 97.4 Å². The molecular formula is C38H52ClN3O6S. The van der Waals surface area contributed by atoms with Gasteiger partial charge in [-0.25, -0.2) is 13.1 Å². The average molecular weight is 714 g/mol. The second kappa shape index (κ2) is 14.0. The van der Waals surface area contributed by atoms with E-state index in [2.05, 4.69) is 47.7 Å². The van der Waals surface area contributed by atoms with Crippen molar-refractivity contribution in [1.82, 2.24) is 9.62 Å². The van der Waals surface area contributed by atoms with E-state index in [0.717, 1.165) is 74.5 Å². The highest BCUT2D eigenvalue weighted by Crippen LogP contribution is 2.49. The minimum absolute atomic E-state index is 0.107. The number of benzene rings is 2. The van der Waals surface area contributed by atoms with Crippen LogP contribution in [0.1, 0.15) is 73.9 Å². The van der Waals surface area contributed by atoms with E-state index in [1.165, 1.54) is 11.1 Å². The minimum Gasteiger partial charge on any atom is -0.490 e. The molecule has 268 valence electrons. The largest absolute Gasteiger partial charge is 0.490 e. The number of likely N-dealkylation sites (N-methyl/N-ethyl adjacent to an activating group) is 1. The molecule has 1 N–H and O–H groups in total.